The topological polar surface area (TPSA) is 49.2 Å². The van der Waals surface area contributed by atoms with Crippen LogP contribution < -0.4 is 4.90 Å². The van der Waals surface area contributed by atoms with Crippen LogP contribution in [0, 0.1) is 0 Å². The smallest absolute Gasteiger partial charge is 0.162 e. The number of hydrogen-bond acceptors (Lipinski definition) is 4. The second-order valence-electron chi connectivity index (χ2n) is 6.26. The van der Waals surface area contributed by atoms with Gasteiger partial charge in [0.25, 0.3) is 0 Å². The molecule has 1 saturated carbocycles. The summed E-state index contributed by atoms with van der Waals surface area (Å²) in [6.07, 6.45) is 3.58. The second kappa shape index (κ2) is 6.57. The highest BCUT2D eigenvalue weighted by Gasteiger charge is 2.27. The molecule has 0 bridgehead atoms. The maximum Gasteiger partial charge on any atom is 0.162 e. The van der Waals surface area contributed by atoms with Crippen molar-refractivity contribution in [1.82, 2.24) is 9.97 Å². The second-order valence-corrected chi connectivity index (χ2v) is 6.26. The number of aromatic nitrogens is 2. The van der Waals surface area contributed by atoms with Crippen LogP contribution in [0.3, 0.4) is 0 Å². The zero-order chi connectivity index (χ0) is 16.4. The van der Waals surface area contributed by atoms with Crippen molar-refractivity contribution in [3.05, 3.63) is 54.6 Å². The summed E-state index contributed by atoms with van der Waals surface area (Å²) in [6.45, 7) is 0.745. The van der Waals surface area contributed by atoms with Gasteiger partial charge in [-0.05, 0) is 31.4 Å². The Labute approximate surface area is 141 Å². The van der Waals surface area contributed by atoms with Gasteiger partial charge in [0.2, 0.25) is 0 Å². The Balaban J connectivity index is 1.88. The van der Waals surface area contributed by atoms with E-state index in [4.69, 9.17) is 9.97 Å². The van der Waals surface area contributed by atoms with Crippen molar-refractivity contribution in [1.29, 1.82) is 0 Å². The van der Waals surface area contributed by atoms with E-state index in [9.17, 15) is 5.11 Å². The number of aliphatic hydroxyl groups excluding tert-OH is 1. The van der Waals surface area contributed by atoms with Crippen molar-refractivity contribution in [3.8, 4) is 11.4 Å². The van der Waals surface area contributed by atoms with Gasteiger partial charge < -0.3 is 10.0 Å². The normalized spacial score (nSPS) is 14.5. The van der Waals surface area contributed by atoms with Gasteiger partial charge in [-0.15, -0.1) is 0 Å². The average Bonchev–Trinajstić information content (AvgIpc) is 2.60. The SMILES string of the molecule is OCCN(c1nc(-c2ccccc2)nc2ccccc12)C1CCC1. The van der Waals surface area contributed by atoms with Gasteiger partial charge in [0.05, 0.1) is 12.1 Å². The molecule has 1 fully saturated rings. The standard InChI is InChI=1S/C20H21N3O/c24-14-13-23(16-9-6-10-16)20-17-11-4-5-12-18(17)21-19(22-20)15-7-2-1-3-8-15/h1-5,7-8,11-12,16,24H,6,9-10,13-14H2. The summed E-state index contributed by atoms with van der Waals surface area (Å²) in [5.74, 6) is 1.68. The van der Waals surface area contributed by atoms with Gasteiger partial charge in [0.15, 0.2) is 5.82 Å². The highest BCUT2D eigenvalue weighted by molar-refractivity contribution is 5.91. The van der Waals surface area contributed by atoms with E-state index in [2.05, 4.69) is 11.0 Å². The van der Waals surface area contributed by atoms with Gasteiger partial charge >= 0.3 is 0 Å². The lowest BCUT2D eigenvalue weighted by atomic mass is 9.91. The number of aliphatic hydroxyl groups is 1. The maximum atomic E-state index is 9.54. The first-order valence-electron chi connectivity index (χ1n) is 8.56. The minimum absolute atomic E-state index is 0.134. The number of hydrogen-bond donors (Lipinski definition) is 1. The molecule has 0 saturated heterocycles. The Hall–Kier alpha value is -2.46. The molecule has 0 atom stereocenters. The lowest BCUT2D eigenvalue weighted by molar-refractivity contribution is 0.283. The molecule has 4 nitrogen and oxygen atoms in total. The van der Waals surface area contributed by atoms with Crippen molar-refractivity contribution in [2.75, 3.05) is 18.1 Å². The third-order valence-electron chi connectivity index (χ3n) is 4.74. The molecular formula is C20H21N3O. The Morgan fingerprint density at radius 3 is 2.42 bits per heavy atom. The molecule has 0 radical (unpaired) electrons. The molecule has 0 amide bonds. The van der Waals surface area contributed by atoms with E-state index >= 15 is 0 Å². The molecule has 2 aromatic carbocycles. The number of benzene rings is 2. The zero-order valence-corrected chi connectivity index (χ0v) is 13.6. The maximum absolute atomic E-state index is 9.54. The molecule has 4 rings (SSSR count). The van der Waals surface area contributed by atoms with Crippen molar-refractivity contribution < 1.29 is 5.11 Å². The Morgan fingerprint density at radius 2 is 1.71 bits per heavy atom. The lowest BCUT2D eigenvalue weighted by Crippen LogP contribution is -2.42. The first-order chi connectivity index (χ1) is 11.9. The van der Waals surface area contributed by atoms with Crippen LogP contribution >= 0.6 is 0 Å². The molecule has 3 aromatic rings. The van der Waals surface area contributed by atoms with E-state index in [1.54, 1.807) is 0 Å². The molecule has 0 spiro atoms. The highest BCUT2D eigenvalue weighted by Crippen LogP contribution is 2.33. The molecule has 122 valence electrons. The summed E-state index contributed by atoms with van der Waals surface area (Å²) in [5.41, 5.74) is 1.96. The summed E-state index contributed by atoms with van der Waals surface area (Å²) < 4.78 is 0. The van der Waals surface area contributed by atoms with Crippen LogP contribution in [0.15, 0.2) is 54.6 Å². The van der Waals surface area contributed by atoms with E-state index in [0.29, 0.717) is 12.6 Å². The fraction of sp³-hybridized carbons (Fsp3) is 0.300. The summed E-state index contributed by atoms with van der Waals surface area (Å²) in [7, 11) is 0. The molecule has 1 N–H and O–H groups in total. The molecule has 1 aromatic heterocycles. The predicted molar refractivity (Wildman–Crippen MR) is 97.0 cm³/mol. The van der Waals surface area contributed by atoms with Gasteiger partial charge in [0, 0.05) is 23.5 Å². The third-order valence-corrected chi connectivity index (χ3v) is 4.74. The van der Waals surface area contributed by atoms with Crippen LogP contribution in [0.25, 0.3) is 22.3 Å². The predicted octanol–water partition coefficient (Wildman–Crippen LogP) is 3.65. The fourth-order valence-corrected chi connectivity index (χ4v) is 3.26. The number of rotatable bonds is 5. The summed E-state index contributed by atoms with van der Waals surface area (Å²) in [4.78, 5) is 11.9. The van der Waals surface area contributed by atoms with Crippen LogP contribution in [0.2, 0.25) is 0 Å². The van der Waals surface area contributed by atoms with Crippen LogP contribution in [0.5, 0.6) is 0 Å². The van der Waals surface area contributed by atoms with Crippen LogP contribution in [0.4, 0.5) is 5.82 Å². The quantitative estimate of drug-likeness (QED) is 0.780. The van der Waals surface area contributed by atoms with Gasteiger partial charge in [-0.2, -0.15) is 0 Å². The van der Waals surface area contributed by atoms with Crippen molar-refractivity contribution in [2.24, 2.45) is 0 Å². The highest BCUT2D eigenvalue weighted by atomic mass is 16.3. The molecule has 1 aliphatic rings. The Morgan fingerprint density at radius 1 is 0.958 bits per heavy atom. The van der Waals surface area contributed by atoms with E-state index in [-0.39, 0.29) is 6.61 Å². The van der Waals surface area contributed by atoms with Gasteiger partial charge in [-0.1, -0.05) is 42.5 Å². The molecule has 0 unspecified atom stereocenters. The first-order valence-corrected chi connectivity index (χ1v) is 8.56. The number of anilines is 1. The zero-order valence-electron chi connectivity index (χ0n) is 13.6. The van der Waals surface area contributed by atoms with Crippen molar-refractivity contribution >= 4 is 16.7 Å². The van der Waals surface area contributed by atoms with Gasteiger partial charge in [0.1, 0.15) is 5.82 Å². The van der Waals surface area contributed by atoms with Crippen LogP contribution in [-0.4, -0.2) is 34.3 Å². The van der Waals surface area contributed by atoms with E-state index < -0.39 is 0 Å². The summed E-state index contributed by atoms with van der Waals surface area (Å²) >= 11 is 0. The Kier molecular flexibility index (Phi) is 4.13. The largest absolute Gasteiger partial charge is 0.395 e. The monoisotopic (exact) mass is 319 g/mol. The summed E-state index contributed by atoms with van der Waals surface area (Å²) in [6, 6.07) is 18.7. The van der Waals surface area contributed by atoms with Gasteiger partial charge in [-0.25, -0.2) is 9.97 Å². The molecule has 1 heterocycles. The van der Waals surface area contributed by atoms with Crippen molar-refractivity contribution in [3.63, 3.8) is 0 Å². The average molecular weight is 319 g/mol. The molecular weight excluding hydrogens is 298 g/mol. The number of fused-ring (bicyclic) bond motifs is 1. The van der Waals surface area contributed by atoms with Gasteiger partial charge in [-0.3, -0.25) is 0 Å². The van der Waals surface area contributed by atoms with Crippen molar-refractivity contribution in [2.45, 2.75) is 25.3 Å². The molecule has 1 aliphatic carbocycles. The summed E-state index contributed by atoms with van der Waals surface area (Å²) in [5, 5.41) is 10.6. The third kappa shape index (κ3) is 2.74. The van der Waals surface area contributed by atoms with Crippen LogP contribution in [-0.2, 0) is 0 Å². The lowest BCUT2D eigenvalue weighted by Gasteiger charge is -2.38. The minimum atomic E-state index is 0.134. The molecule has 4 heteroatoms. The first kappa shape index (κ1) is 15.1. The minimum Gasteiger partial charge on any atom is -0.395 e. The van der Waals surface area contributed by atoms with E-state index in [1.165, 1.54) is 19.3 Å². The molecule has 24 heavy (non-hydrogen) atoms. The number of nitrogens with zero attached hydrogens (tertiary/aromatic N) is 3. The van der Waals surface area contributed by atoms with E-state index in [0.717, 1.165) is 28.1 Å². The van der Waals surface area contributed by atoms with Crippen LogP contribution in [0.1, 0.15) is 19.3 Å². The van der Waals surface area contributed by atoms with E-state index in [1.807, 2.05) is 48.5 Å². The number of para-hydroxylation sites is 1. The Bertz CT molecular complexity index is 831. The fourth-order valence-electron chi connectivity index (χ4n) is 3.26. The molecule has 0 aliphatic heterocycles.